The number of hydrogen-bond donors (Lipinski definition) is 2. The van der Waals surface area contributed by atoms with Crippen LogP contribution in [0.4, 0.5) is 0 Å². The lowest BCUT2D eigenvalue weighted by Gasteiger charge is -2.25. The first-order chi connectivity index (χ1) is 14.0. The molecule has 0 aliphatic carbocycles. The van der Waals surface area contributed by atoms with Gasteiger partial charge < -0.3 is 19.6 Å². The molecule has 2 aromatic heterocycles. The van der Waals surface area contributed by atoms with Crippen molar-refractivity contribution in [2.24, 2.45) is 7.05 Å². The van der Waals surface area contributed by atoms with Gasteiger partial charge in [0.15, 0.2) is 0 Å². The summed E-state index contributed by atoms with van der Waals surface area (Å²) < 4.78 is 33.7. The maximum Gasteiger partial charge on any atom is 0.267 e. The van der Waals surface area contributed by atoms with E-state index in [4.69, 9.17) is 4.74 Å². The van der Waals surface area contributed by atoms with Crippen molar-refractivity contribution in [1.29, 1.82) is 0 Å². The molecule has 0 bridgehead atoms. The van der Waals surface area contributed by atoms with Gasteiger partial charge in [-0.25, -0.2) is 8.42 Å². The zero-order valence-electron chi connectivity index (χ0n) is 16.2. The third-order valence-electron chi connectivity index (χ3n) is 5.18. The van der Waals surface area contributed by atoms with Crippen LogP contribution in [0.15, 0.2) is 47.6 Å². The Balaban J connectivity index is 1.42. The van der Waals surface area contributed by atoms with Gasteiger partial charge in [0.1, 0.15) is 10.6 Å². The highest BCUT2D eigenvalue weighted by atomic mass is 32.2. The van der Waals surface area contributed by atoms with Crippen molar-refractivity contribution in [3.8, 4) is 0 Å². The molecule has 1 fully saturated rings. The lowest BCUT2D eigenvalue weighted by atomic mass is 10.1. The normalized spacial score (nSPS) is 15.6. The van der Waals surface area contributed by atoms with Gasteiger partial charge in [-0.15, -0.1) is 0 Å². The highest BCUT2D eigenvalue weighted by Gasteiger charge is 2.28. The molecule has 2 N–H and O–H groups in total. The molecule has 0 saturated carbocycles. The molecule has 0 radical (unpaired) electrons. The SMILES string of the molecule is Cn1cc(S(=O)(=O)N2CCOCC2)cc1C(=O)NCCc1c[nH]c2ccccc12. The summed E-state index contributed by atoms with van der Waals surface area (Å²) in [6.07, 6.45) is 4.12. The first kappa shape index (κ1) is 19.7. The van der Waals surface area contributed by atoms with E-state index in [1.54, 1.807) is 11.6 Å². The Morgan fingerprint density at radius 3 is 2.79 bits per heavy atom. The van der Waals surface area contributed by atoms with E-state index in [0.717, 1.165) is 16.5 Å². The first-order valence-corrected chi connectivity index (χ1v) is 11.0. The van der Waals surface area contributed by atoms with Crippen molar-refractivity contribution in [3.05, 3.63) is 54.0 Å². The summed E-state index contributed by atoms with van der Waals surface area (Å²) in [6.45, 7) is 1.87. The summed E-state index contributed by atoms with van der Waals surface area (Å²) in [6, 6.07) is 9.45. The van der Waals surface area contributed by atoms with E-state index in [0.29, 0.717) is 45.0 Å². The number of carbonyl (C=O) groups is 1. The van der Waals surface area contributed by atoms with Gasteiger partial charge in [0.05, 0.1) is 13.2 Å². The number of ether oxygens (including phenoxy) is 1. The van der Waals surface area contributed by atoms with Crippen molar-refractivity contribution in [2.75, 3.05) is 32.8 Å². The summed E-state index contributed by atoms with van der Waals surface area (Å²) >= 11 is 0. The fourth-order valence-corrected chi connectivity index (χ4v) is 5.06. The Bertz CT molecular complexity index is 1130. The molecule has 0 atom stereocenters. The van der Waals surface area contributed by atoms with Gasteiger partial charge in [-0.1, -0.05) is 18.2 Å². The van der Waals surface area contributed by atoms with E-state index in [1.165, 1.54) is 16.6 Å². The number of amides is 1. The number of morpholine rings is 1. The highest BCUT2D eigenvalue weighted by Crippen LogP contribution is 2.20. The monoisotopic (exact) mass is 416 g/mol. The molecule has 4 rings (SSSR count). The number of benzene rings is 1. The summed E-state index contributed by atoms with van der Waals surface area (Å²) in [5, 5.41) is 4.02. The quantitative estimate of drug-likeness (QED) is 0.636. The lowest BCUT2D eigenvalue weighted by molar-refractivity contribution is 0.0730. The fourth-order valence-electron chi connectivity index (χ4n) is 3.58. The van der Waals surface area contributed by atoms with Crippen molar-refractivity contribution in [1.82, 2.24) is 19.2 Å². The van der Waals surface area contributed by atoms with E-state index in [1.807, 2.05) is 30.5 Å². The molecule has 1 aliphatic heterocycles. The van der Waals surface area contributed by atoms with Crippen molar-refractivity contribution in [2.45, 2.75) is 11.3 Å². The van der Waals surface area contributed by atoms with Crippen LogP contribution < -0.4 is 5.32 Å². The van der Waals surface area contributed by atoms with Crippen LogP contribution in [0.2, 0.25) is 0 Å². The minimum Gasteiger partial charge on any atom is -0.379 e. The van der Waals surface area contributed by atoms with Crippen LogP contribution in [0.5, 0.6) is 0 Å². The average Bonchev–Trinajstić information content (AvgIpc) is 3.33. The lowest BCUT2D eigenvalue weighted by Crippen LogP contribution is -2.40. The largest absolute Gasteiger partial charge is 0.379 e. The topological polar surface area (TPSA) is 96.4 Å². The molecule has 1 saturated heterocycles. The number of aromatic amines is 1. The molecule has 0 spiro atoms. The van der Waals surface area contributed by atoms with Crippen molar-refractivity contribution >= 4 is 26.8 Å². The Morgan fingerprint density at radius 2 is 2.00 bits per heavy atom. The molecule has 1 aliphatic rings. The van der Waals surface area contributed by atoms with Crippen LogP contribution in [0, 0.1) is 0 Å². The number of H-pyrrole nitrogens is 1. The molecule has 3 heterocycles. The van der Waals surface area contributed by atoms with Gasteiger partial charge >= 0.3 is 0 Å². The number of nitrogens with one attached hydrogen (secondary N) is 2. The number of aryl methyl sites for hydroxylation is 1. The predicted molar refractivity (Wildman–Crippen MR) is 109 cm³/mol. The Hall–Kier alpha value is -2.62. The molecule has 154 valence electrons. The van der Waals surface area contributed by atoms with E-state index < -0.39 is 10.0 Å². The summed E-state index contributed by atoms with van der Waals surface area (Å²) in [7, 11) is -1.96. The Kier molecular flexibility index (Phi) is 5.44. The maximum absolute atomic E-state index is 12.8. The van der Waals surface area contributed by atoms with Gasteiger partial charge in [0, 0.05) is 50.0 Å². The van der Waals surface area contributed by atoms with Crippen LogP contribution in [0.3, 0.4) is 0 Å². The number of rotatable bonds is 6. The smallest absolute Gasteiger partial charge is 0.267 e. The minimum atomic E-state index is -3.63. The van der Waals surface area contributed by atoms with E-state index in [-0.39, 0.29) is 10.8 Å². The highest BCUT2D eigenvalue weighted by molar-refractivity contribution is 7.89. The molecular formula is C20H24N4O4S. The van der Waals surface area contributed by atoms with Crippen molar-refractivity contribution in [3.63, 3.8) is 0 Å². The minimum absolute atomic E-state index is 0.128. The zero-order chi connectivity index (χ0) is 20.4. The maximum atomic E-state index is 12.8. The van der Waals surface area contributed by atoms with E-state index in [2.05, 4.69) is 10.3 Å². The standard InChI is InChI=1S/C20H24N4O4S/c1-23-14-16(29(26,27)24-8-10-28-11-9-24)12-19(23)20(25)21-7-6-15-13-22-18-5-3-2-4-17(15)18/h2-5,12-14,22H,6-11H2,1H3,(H,21,25). The second-order valence-corrected chi connectivity index (χ2v) is 8.99. The molecule has 1 amide bonds. The Labute approximate surface area is 169 Å². The summed E-state index contributed by atoms with van der Waals surface area (Å²) in [5.74, 6) is -0.296. The molecule has 9 heteroatoms. The van der Waals surface area contributed by atoms with Crippen molar-refractivity contribution < 1.29 is 17.9 Å². The van der Waals surface area contributed by atoms with Gasteiger partial charge in [-0.05, 0) is 24.1 Å². The second-order valence-electron chi connectivity index (χ2n) is 7.05. The number of nitrogens with zero attached hydrogens (tertiary/aromatic N) is 2. The molecule has 1 aromatic carbocycles. The van der Waals surface area contributed by atoms with E-state index >= 15 is 0 Å². The fraction of sp³-hybridized carbons (Fsp3) is 0.350. The Morgan fingerprint density at radius 1 is 1.24 bits per heavy atom. The summed E-state index contributed by atoms with van der Waals surface area (Å²) in [5.41, 5.74) is 2.51. The average molecular weight is 417 g/mol. The summed E-state index contributed by atoms with van der Waals surface area (Å²) in [4.78, 5) is 16.0. The zero-order valence-corrected chi connectivity index (χ0v) is 17.0. The van der Waals surface area contributed by atoms with Crippen LogP contribution in [0.25, 0.3) is 10.9 Å². The number of hydrogen-bond acceptors (Lipinski definition) is 4. The van der Waals surface area contributed by atoms with Crippen LogP contribution in [0.1, 0.15) is 16.1 Å². The van der Waals surface area contributed by atoms with Crippen LogP contribution >= 0.6 is 0 Å². The molecule has 0 unspecified atom stereocenters. The van der Waals surface area contributed by atoms with Gasteiger partial charge in [-0.3, -0.25) is 4.79 Å². The third kappa shape index (κ3) is 3.93. The third-order valence-corrected chi connectivity index (χ3v) is 7.04. The van der Waals surface area contributed by atoms with E-state index in [9.17, 15) is 13.2 Å². The number of aromatic nitrogens is 2. The van der Waals surface area contributed by atoms with Crippen LogP contribution in [-0.4, -0.2) is 61.0 Å². The number of carbonyl (C=O) groups excluding carboxylic acids is 1. The van der Waals surface area contributed by atoms with Gasteiger partial charge in [0.2, 0.25) is 10.0 Å². The second kappa shape index (κ2) is 8.02. The van der Waals surface area contributed by atoms with Gasteiger partial charge in [0.25, 0.3) is 5.91 Å². The van der Waals surface area contributed by atoms with Gasteiger partial charge in [-0.2, -0.15) is 4.31 Å². The number of para-hydroxylation sites is 1. The molecule has 3 aromatic rings. The number of sulfonamides is 1. The molecular weight excluding hydrogens is 392 g/mol. The molecule has 29 heavy (non-hydrogen) atoms. The molecule has 8 nitrogen and oxygen atoms in total. The number of fused-ring (bicyclic) bond motifs is 1. The predicted octanol–water partition coefficient (Wildman–Crippen LogP) is 1.50. The first-order valence-electron chi connectivity index (χ1n) is 9.54. The van der Waals surface area contributed by atoms with Crippen LogP contribution in [-0.2, 0) is 28.2 Å².